The van der Waals surface area contributed by atoms with Crippen molar-refractivity contribution in [2.75, 3.05) is 20.1 Å². The van der Waals surface area contributed by atoms with Crippen LogP contribution in [-0.2, 0) is 0 Å². The van der Waals surface area contributed by atoms with E-state index in [0.29, 0.717) is 0 Å². The third-order valence-corrected chi connectivity index (χ3v) is 3.02. The van der Waals surface area contributed by atoms with E-state index >= 15 is 0 Å². The zero-order valence-corrected chi connectivity index (χ0v) is 10.5. The molecule has 0 saturated carbocycles. The lowest BCUT2D eigenvalue weighted by molar-refractivity contribution is 0.230. The van der Waals surface area contributed by atoms with E-state index in [0.717, 1.165) is 11.5 Å². The van der Waals surface area contributed by atoms with Gasteiger partial charge < -0.3 is 4.90 Å². The Balaban J connectivity index is 0.000000160. The van der Waals surface area contributed by atoms with Crippen molar-refractivity contribution in [3.05, 3.63) is 35.6 Å². The van der Waals surface area contributed by atoms with E-state index in [-0.39, 0.29) is 5.82 Å². The van der Waals surface area contributed by atoms with Gasteiger partial charge in [-0.1, -0.05) is 24.6 Å². The van der Waals surface area contributed by atoms with E-state index in [1.165, 1.54) is 38.1 Å². The van der Waals surface area contributed by atoms with Gasteiger partial charge in [0.1, 0.15) is 5.82 Å². The van der Waals surface area contributed by atoms with Crippen LogP contribution in [0.5, 0.6) is 0 Å². The van der Waals surface area contributed by atoms with Crippen molar-refractivity contribution < 1.29 is 4.39 Å². The van der Waals surface area contributed by atoms with Crippen molar-refractivity contribution in [1.82, 2.24) is 4.90 Å². The van der Waals surface area contributed by atoms with Crippen LogP contribution in [0.15, 0.2) is 24.3 Å². The first-order valence-electron chi connectivity index (χ1n) is 5.98. The predicted octanol–water partition coefficient (Wildman–Crippen LogP) is 3.48. The summed E-state index contributed by atoms with van der Waals surface area (Å²) in [5.41, 5.74) is 1.09. The number of nitrogens with zero attached hydrogens (tertiary/aromatic N) is 1. The van der Waals surface area contributed by atoms with Crippen molar-refractivity contribution in [1.29, 1.82) is 0 Å². The van der Waals surface area contributed by atoms with Crippen LogP contribution in [-0.4, -0.2) is 25.0 Å². The fourth-order valence-corrected chi connectivity index (χ4v) is 1.67. The van der Waals surface area contributed by atoms with Gasteiger partial charge in [-0.2, -0.15) is 0 Å². The molecule has 0 aliphatic carbocycles. The maximum Gasteiger partial charge on any atom is 0.123 e. The molecule has 1 heterocycles. The lowest BCUT2D eigenvalue weighted by Crippen LogP contribution is -2.28. The third kappa shape index (κ3) is 5.26. The Morgan fingerprint density at radius 2 is 1.62 bits per heavy atom. The molecule has 1 aromatic rings. The van der Waals surface area contributed by atoms with Crippen molar-refractivity contribution in [2.24, 2.45) is 5.92 Å². The first kappa shape index (κ1) is 13.2. The smallest absolute Gasteiger partial charge is 0.123 e. The van der Waals surface area contributed by atoms with Crippen LogP contribution in [0.3, 0.4) is 0 Å². The summed E-state index contributed by atoms with van der Waals surface area (Å²) >= 11 is 0. The summed E-state index contributed by atoms with van der Waals surface area (Å²) in [4.78, 5) is 2.40. The average Bonchev–Trinajstić information content (AvgIpc) is 2.28. The summed E-state index contributed by atoms with van der Waals surface area (Å²) < 4.78 is 12.1. The van der Waals surface area contributed by atoms with Gasteiger partial charge >= 0.3 is 0 Å². The van der Waals surface area contributed by atoms with Crippen molar-refractivity contribution in [3.8, 4) is 0 Å². The summed E-state index contributed by atoms with van der Waals surface area (Å²) in [6, 6.07) is 6.40. The van der Waals surface area contributed by atoms with Gasteiger partial charge in [-0.3, -0.25) is 0 Å². The van der Waals surface area contributed by atoms with Crippen molar-refractivity contribution >= 4 is 0 Å². The molecule has 90 valence electrons. The van der Waals surface area contributed by atoms with Crippen molar-refractivity contribution in [3.63, 3.8) is 0 Å². The number of likely N-dealkylation sites (tertiary alicyclic amines) is 1. The van der Waals surface area contributed by atoms with E-state index in [1.54, 1.807) is 12.1 Å². The number of rotatable bonds is 0. The molecule has 16 heavy (non-hydrogen) atoms. The van der Waals surface area contributed by atoms with Gasteiger partial charge in [0.05, 0.1) is 0 Å². The molecule has 0 bridgehead atoms. The second kappa shape index (κ2) is 6.64. The van der Waals surface area contributed by atoms with Crippen LogP contribution in [0.1, 0.15) is 25.3 Å². The molecule has 0 spiro atoms. The first-order chi connectivity index (χ1) is 7.58. The molecule has 0 atom stereocenters. The number of benzene rings is 1. The first-order valence-corrected chi connectivity index (χ1v) is 5.98. The fourth-order valence-electron chi connectivity index (χ4n) is 1.67. The van der Waals surface area contributed by atoms with Crippen LogP contribution in [0.4, 0.5) is 4.39 Å². The Labute approximate surface area is 98.3 Å². The SMILES string of the molecule is CC1CCN(C)CC1.Cc1ccc(F)cc1. The predicted molar refractivity (Wildman–Crippen MR) is 67.0 cm³/mol. The Morgan fingerprint density at radius 1 is 1.12 bits per heavy atom. The molecule has 0 aromatic heterocycles. The summed E-state index contributed by atoms with van der Waals surface area (Å²) in [6.45, 7) is 6.88. The zero-order chi connectivity index (χ0) is 12.0. The quantitative estimate of drug-likeness (QED) is 0.651. The summed E-state index contributed by atoms with van der Waals surface area (Å²) in [7, 11) is 2.20. The monoisotopic (exact) mass is 223 g/mol. The topological polar surface area (TPSA) is 3.24 Å². The van der Waals surface area contributed by atoms with Gasteiger partial charge in [-0.25, -0.2) is 4.39 Å². The third-order valence-electron chi connectivity index (χ3n) is 3.02. The van der Waals surface area contributed by atoms with Crippen molar-refractivity contribution in [2.45, 2.75) is 26.7 Å². The van der Waals surface area contributed by atoms with Crippen LogP contribution in [0.2, 0.25) is 0 Å². The van der Waals surface area contributed by atoms with Crippen LogP contribution in [0.25, 0.3) is 0 Å². The molecule has 0 amide bonds. The highest BCUT2D eigenvalue weighted by Crippen LogP contribution is 2.13. The normalized spacial score (nSPS) is 17.8. The van der Waals surface area contributed by atoms with Gasteiger partial charge in [0.2, 0.25) is 0 Å². The lowest BCUT2D eigenvalue weighted by Gasteiger charge is -2.26. The van der Waals surface area contributed by atoms with Crippen LogP contribution in [0, 0.1) is 18.7 Å². The highest BCUT2D eigenvalue weighted by atomic mass is 19.1. The Morgan fingerprint density at radius 3 is 2.00 bits per heavy atom. The van der Waals surface area contributed by atoms with E-state index < -0.39 is 0 Å². The molecule has 1 nitrogen and oxygen atoms in total. The largest absolute Gasteiger partial charge is 0.306 e. The van der Waals surface area contributed by atoms with Gasteiger partial charge in [-0.05, 0) is 58.0 Å². The summed E-state index contributed by atoms with van der Waals surface area (Å²) in [5.74, 6) is 0.807. The van der Waals surface area contributed by atoms with Crippen LogP contribution < -0.4 is 0 Å². The average molecular weight is 223 g/mol. The fraction of sp³-hybridized carbons (Fsp3) is 0.571. The van der Waals surface area contributed by atoms with E-state index in [1.807, 2.05) is 6.92 Å². The summed E-state index contributed by atoms with van der Waals surface area (Å²) in [6.07, 6.45) is 2.80. The number of piperidine rings is 1. The second-order valence-corrected chi connectivity index (χ2v) is 4.78. The molecular weight excluding hydrogens is 201 g/mol. The maximum absolute atomic E-state index is 12.1. The second-order valence-electron chi connectivity index (χ2n) is 4.78. The molecular formula is C14H22FN. The molecule has 2 heteroatoms. The van der Waals surface area contributed by atoms with Crippen LogP contribution >= 0.6 is 0 Å². The van der Waals surface area contributed by atoms with E-state index in [4.69, 9.17) is 0 Å². The van der Waals surface area contributed by atoms with Gasteiger partial charge in [0.25, 0.3) is 0 Å². The lowest BCUT2D eigenvalue weighted by atomic mass is 10.00. The number of hydrogen-bond acceptors (Lipinski definition) is 1. The minimum Gasteiger partial charge on any atom is -0.306 e. The zero-order valence-electron chi connectivity index (χ0n) is 10.5. The molecule has 1 aromatic carbocycles. The minimum atomic E-state index is -0.171. The molecule has 2 rings (SSSR count). The number of hydrogen-bond donors (Lipinski definition) is 0. The molecule has 1 aliphatic heterocycles. The standard InChI is InChI=1S/C7H7F.C7H15N/c1-6-2-4-7(8)5-3-6;1-7-3-5-8(2)6-4-7/h2-5H,1H3;7H,3-6H2,1-2H3. The maximum atomic E-state index is 12.1. The number of halogens is 1. The van der Waals surface area contributed by atoms with Gasteiger partial charge in [0.15, 0.2) is 0 Å². The molecule has 1 aliphatic rings. The minimum absolute atomic E-state index is 0.171. The molecule has 0 N–H and O–H groups in total. The van der Waals surface area contributed by atoms with Gasteiger partial charge in [0, 0.05) is 0 Å². The molecule has 1 fully saturated rings. The molecule has 0 unspecified atom stereocenters. The van der Waals surface area contributed by atoms with Gasteiger partial charge in [-0.15, -0.1) is 0 Å². The summed E-state index contributed by atoms with van der Waals surface area (Å²) in [5, 5.41) is 0. The Bertz CT molecular complexity index is 255. The Hall–Kier alpha value is -0.890. The molecule has 0 radical (unpaired) electrons. The van der Waals surface area contributed by atoms with E-state index in [2.05, 4.69) is 18.9 Å². The van der Waals surface area contributed by atoms with E-state index in [9.17, 15) is 4.39 Å². The number of aryl methyl sites for hydroxylation is 1. The highest BCUT2D eigenvalue weighted by molar-refractivity contribution is 5.13. The Kier molecular flexibility index (Phi) is 5.47. The molecule has 1 saturated heterocycles. The highest BCUT2D eigenvalue weighted by Gasteiger charge is 2.10.